The summed E-state index contributed by atoms with van der Waals surface area (Å²) in [7, 11) is -5.84. The van der Waals surface area contributed by atoms with Crippen molar-refractivity contribution in [3.63, 3.8) is 0 Å². The molecule has 0 aliphatic carbocycles. The van der Waals surface area contributed by atoms with Gasteiger partial charge in [0.15, 0.2) is 5.78 Å². The number of alkyl halides is 3. The van der Waals surface area contributed by atoms with Gasteiger partial charge in [0.05, 0.1) is 0 Å². The summed E-state index contributed by atoms with van der Waals surface area (Å²) in [5.41, 5.74) is 1.76. The van der Waals surface area contributed by atoms with Gasteiger partial charge in [-0.05, 0) is 19.9 Å². The highest BCUT2D eigenvalue weighted by molar-refractivity contribution is 7.86. The van der Waals surface area contributed by atoms with Crippen molar-refractivity contribution in [3.05, 3.63) is 35.4 Å². The molecule has 21 heavy (non-hydrogen) atoms. The van der Waals surface area contributed by atoms with Crippen LogP contribution in [0.4, 0.5) is 13.2 Å². The molecule has 9 heteroatoms. The Hall–Kier alpha value is -1.45. The Bertz CT molecular complexity index is 553. The largest absolute Gasteiger partial charge is 0.522 e. The normalized spacial score (nSPS) is 11.5. The summed E-state index contributed by atoms with van der Waals surface area (Å²) in [5.74, 6) is 0.186. The van der Waals surface area contributed by atoms with E-state index in [0.717, 1.165) is 12.0 Å². The molecule has 1 rings (SSSR count). The predicted molar refractivity (Wildman–Crippen MR) is 71.4 cm³/mol. The highest BCUT2D eigenvalue weighted by Crippen LogP contribution is 2.20. The molecule has 1 aromatic rings. The zero-order chi connectivity index (χ0) is 16.7. The number of ketones is 1. The number of carbonyl (C=O) groups is 1. The first-order chi connectivity index (χ1) is 9.49. The number of hydrogen-bond donors (Lipinski definition) is 2. The standard InChI is InChI=1S/C11H15NO.CHF3O3S/c1-9-4-6-10(7-5-9)11(13)3-2-8-12;2-1(3,4)8(5,6)7/h4-7H,2-3,8,12H2,1H3;(H,5,6,7). The second-order valence-corrected chi connectivity index (χ2v) is 5.52. The van der Waals surface area contributed by atoms with Gasteiger partial charge in [-0.15, -0.1) is 0 Å². The summed E-state index contributed by atoms with van der Waals surface area (Å²) in [5, 5.41) is 0. The monoisotopic (exact) mass is 327 g/mol. The van der Waals surface area contributed by atoms with E-state index in [9.17, 15) is 18.0 Å². The van der Waals surface area contributed by atoms with Crippen molar-refractivity contribution in [2.45, 2.75) is 25.3 Å². The van der Waals surface area contributed by atoms with Gasteiger partial charge in [-0.3, -0.25) is 9.35 Å². The van der Waals surface area contributed by atoms with Crippen LogP contribution in [-0.4, -0.2) is 30.8 Å². The molecule has 0 saturated carbocycles. The van der Waals surface area contributed by atoms with Crippen LogP contribution in [0.15, 0.2) is 24.3 Å². The topological polar surface area (TPSA) is 97.5 Å². The van der Waals surface area contributed by atoms with E-state index in [1.807, 2.05) is 31.2 Å². The molecular weight excluding hydrogens is 311 g/mol. The fourth-order valence-corrected chi connectivity index (χ4v) is 1.15. The Morgan fingerprint density at radius 3 is 2.00 bits per heavy atom. The minimum Gasteiger partial charge on any atom is -0.330 e. The lowest BCUT2D eigenvalue weighted by molar-refractivity contribution is -0.0510. The van der Waals surface area contributed by atoms with Crippen LogP contribution in [0, 0.1) is 6.92 Å². The lowest BCUT2D eigenvalue weighted by Crippen LogP contribution is -2.21. The van der Waals surface area contributed by atoms with E-state index in [-0.39, 0.29) is 5.78 Å². The molecule has 0 unspecified atom stereocenters. The number of aryl methyl sites for hydroxylation is 1. The van der Waals surface area contributed by atoms with E-state index < -0.39 is 15.6 Å². The van der Waals surface area contributed by atoms with Gasteiger partial charge in [-0.1, -0.05) is 29.8 Å². The quantitative estimate of drug-likeness (QED) is 0.502. The molecule has 3 N–H and O–H groups in total. The fourth-order valence-electron chi connectivity index (χ4n) is 1.15. The second-order valence-electron chi connectivity index (χ2n) is 4.10. The molecule has 1 aromatic carbocycles. The van der Waals surface area contributed by atoms with Crippen molar-refractivity contribution in [1.82, 2.24) is 0 Å². The molecule has 0 bridgehead atoms. The average Bonchev–Trinajstić information content (AvgIpc) is 2.35. The van der Waals surface area contributed by atoms with Gasteiger partial charge >= 0.3 is 15.6 Å². The summed E-state index contributed by atoms with van der Waals surface area (Å²) in [6.07, 6.45) is 1.33. The number of rotatable bonds is 4. The molecule has 0 atom stereocenters. The number of hydrogen-bond acceptors (Lipinski definition) is 4. The number of Topliss-reactive ketones (excluding diaryl/α,β-unsaturated/α-hetero) is 1. The number of halogens is 3. The van der Waals surface area contributed by atoms with Gasteiger partial charge in [0.2, 0.25) is 0 Å². The van der Waals surface area contributed by atoms with Gasteiger partial charge < -0.3 is 5.73 Å². The summed E-state index contributed by atoms with van der Waals surface area (Å²) >= 11 is 0. The third kappa shape index (κ3) is 7.78. The van der Waals surface area contributed by atoms with E-state index in [0.29, 0.717) is 13.0 Å². The third-order valence-corrected chi connectivity index (χ3v) is 2.86. The van der Waals surface area contributed by atoms with Crippen LogP contribution in [0.3, 0.4) is 0 Å². The number of carbonyl (C=O) groups excluding carboxylic acids is 1. The summed E-state index contributed by atoms with van der Waals surface area (Å²) < 4.78 is 57.5. The van der Waals surface area contributed by atoms with Crippen LogP contribution in [0.5, 0.6) is 0 Å². The summed E-state index contributed by atoms with van der Waals surface area (Å²) in [4.78, 5) is 11.5. The van der Waals surface area contributed by atoms with Crippen LogP contribution < -0.4 is 5.73 Å². The molecule has 0 fully saturated rings. The Morgan fingerprint density at radius 2 is 1.67 bits per heavy atom. The van der Waals surface area contributed by atoms with Gasteiger partial charge in [0, 0.05) is 12.0 Å². The van der Waals surface area contributed by atoms with Gasteiger partial charge in [0.25, 0.3) is 0 Å². The Balaban J connectivity index is 0.000000433. The zero-order valence-corrected chi connectivity index (χ0v) is 12.0. The van der Waals surface area contributed by atoms with E-state index in [2.05, 4.69) is 0 Å². The van der Waals surface area contributed by atoms with Crippen LogP contribution in [-0.2, 0) is 10.1 Å². The Morgan fingerprint density at radius 1 is 1.24 bits per heavy atom. The van der Waals surface area contributed by atoms with E-state index >= 15 is 0 Å². The lowest BCUT2D eigenvalue weighted by Gasteiger charge is -1.99. The van der Waals surface area contributed by atoms with E-state index in [4.69, 9.17) is 18.7 Å². The third-order valence-electron chi connectivity index (χ3n) is 2.27. The SMILES string of the molecule is Cc1ccc(C(=O)CCCN)cc1.O=S(=O)(O)C(F)(F)F. The molecule has 0 saturated heterocycles. The maximum atomic E-state index is 11.5. The van der Waals surface area contributed by atoms with Crippen molar-refractivity contribution < 1.29 is 30.9 Å². The van der Waals surface area contributed by atoms with Crippen LogP contribution in [0.25, 0.3) is 0 Å². The first-order valence-corrected chi connectivity index (χ1v) is 7.26. The first-order valence-electron chi connectivity index (χ1n) is 5.82. The molecule has 0 aliphatic rings. The maximum absolute atomic E-state index is 11.5. The second kappa shape index (κ2) is 8.11. The Kier molecular flexibility index (Phi) is 7.55. The van der Waals surface area contributed by atoms with Gasteiger partial charge in [0.1, 0.15) is 0 Å². The maximum Gasteiger partial charge on any atom is 0.522 e. The summed E-state index contributed by atoms with van der Waals surface area (Å²) in [6.45, 7) is 2.59. The zero-order valence-electron chi connectivity index (χ0n) is 11.2. The highest BCUT2D eigenvalue weighted by atomic mass is 32.2. The van der Waals surface area contributed by atoms with Crippen molar-refractivity contribution in [2.75, 3.05) is 6.54 Å². The van der Waals surface area contributed by atoms with Crippen LogP contribution >= 0.6 is 0 Å². The first kappa shape index (κ1) is 19.6. The predicted octanol–water partition coefficient (Wildman–Crippen LogP) is 2.31. The van der Waals surface area contributed by atoms with Crippen molar-refractivity contribution in [1.29, 1.82) is 0 Å². The minimum absolute atomic E-state index is 0.186. The van der Waals surface area contributed by atoms with E-state index in [1.54, 1.807) is 0 Å². The molecule has 0 amide bonds. The van der Waals surface area contributed by atoms with Gasteiger partial charge in [-0.2, -0.15) is 21.6 Å². The molecule has 5 nitrogen and oxygen atoms in total. The minimum atomic E-state index is -5.84. The van der Waals surface area contributed by atoms with Crippen molar-refractivity contribution in [3.8, 4) is 0 Å². The smallest absolute Gasteiger partial charge is 0.330 e. The number of nitrogens with two attached hydrogens (primary N) is 1. The molecule has 0 heterocycles. The van der Waals surface area contributed by atoms with Crippen molar-refractivity contribution in [2.24, 2.45) is 5.73 Å². The van der Waals surface area contributed by atoms with Gasteiger partial charge in [-0.25, -0.2) is 0 Å². The van der Waals surface area contributed by atoms with Crippen LogP contribution in [0.2, 0.25) is 0 Å². The lowest BCUT2D eigenvalue weighted by atomic mass is 10.1. The van der Waals surface area contributed by atoms with Crippen LogP contribution in [0.1, 0.15) is 28.8 Å². The average molecular weight is 327 g/mol. The Labute approximate surface area is 120 Å². The fraction of sp³-hybridized carbons (Fsp3) is 0.417. The molecule has 0 radical (unpaired) electrons. The highest BCUT2D eigenvalue weighted by Gasteiger charge is 2.44. The molecule has 0 aliphatic heterocycles. The molecular formula is C12H16F3NO4S. The summed E-state index contributed by atoms with van der Waals surface area (Å²) in [6, 6.07) is 7.65. The van der Waals surface area contributed by atoms with E-state index in [1.165, 1.54) is 5.56 Å². The molecule has 120 valence electrons. The number of benzene rings is 1. The molecule has 0 aromatic heterocycles. The molecule has 0 spiro atoms. The van der Waals surface area contributed by atoms with Crippen molar-refractivity contribution >= 4 is 15.9 Å².